The third kappa shape index (κ3) is 4.42. The number of Topliss-reactive ketones (excluding diaryl/α,β-unsaturated/α-hetero) is 1. The van der Waals surface area contributed by atoms with Gasteiger partial charge in [0.15, 0.2) is 12.4 Å². The van der Waals surface area contributed by atoms with Crippen LogP contribution in [0.5, 0.6) is 11.5 Å². The number of ketones is 1. The molecule has 0 radical (unpaired) electrons. The van der Waals surface area contributed by atoms with Crippen LogP contribution in [0.4, 0.5) is 5.69 Å². The van der Waals surface area contributed by atoms with Crippen LogP contribution < -0.4 is 14.4 Å². The maximum atomic E-state index is 12.8. The molecule has 0 aromatic heterocycles. The molecule has 0 amide bonds. The number of ether oxygens (including phenoxy) is 3. The lowest BCUT2D eigenvalue weighted by molar-refractivity contribution is -0.142. The van der Waals surface area contributed by atoms with Gasteiger partial charge in [-0.2, -0.15) is 0 Å². The number of aryl methyl sites for hydroxylation is 1. The van der Waals surface area contributed by atoms with Crippen LogP contribution >= 0.6 is 0 Å². The highest BCUT2D eigenvalue weighted by atomic mass is 16.6. The molecule has 2 aromatic rings. The van der Waals surface area contributed by atoms with Crippen LogP contribution in [0.2, 0.25) is 0 Å². The average Bonchev–Trinajstić information content (AvgIpc) is 3.04. The van der Waals surface area contributed by atoms with Crippen molar-refractivity contribution in [2.45, 2.75) is 20.8 Å². The van der Waals surface area contributed by atoms with E-state index in [4.69, 9.17) is 9.47 Å². The molecule has 0 aliphatic carbocycles. The van der Waals surface area contributed by atoms with Crippen molar-refractivity contribution >= 4 is 23.5 Å². The molecule has 0 spiro atoms. The molecule has 0 atom stereocenters. The van der Waals surface area contributed by atoms with Crippen LogP contribution in [0, 0.1) is 6.92 Å². The number of methoxy groups -OCH3 is 1. The SMILES string of the molecule is CCN(CC)c1ccc(/C=C2\Oc3cc(OCC(=O)OC)cc(C)c3C2=O)cc1. The predicted octanol–water partition coefficient (Wildman–Crippen LogP) is 4.01. The van der Waals surface area contributed by atoms with Crippen LogP contribution in [-0.4, -0.2) is 38.6 Å². The van der Waals surface area contributed by atoms with E-state index in [-0.39, 0.29) is 18.1 Å². The lowest BCUT2D eigenvalue weighted by atomic mass is 10.0. The number of rotatable bonds is 7. The van der Waals surface area contributed by atoms with Crippen molar-refractivity contribution in [2.75, 3.05) is 31.7 Å². The Kier molecular flexibility index (Phi) is 6.22. The van der Waals surface area contributed by atoms with Crippen molar-refractivity contribution in [3.8, 4) is 11.5 Å². The Morgan fingerprint density at radius 3 is 2.45 bits per heavy atom. The Morgan fingerprint density at radius 1 is 1.14 bits per heavy atom. The van der Waals surface area contributed by atoms with Gasteiger partial charge in [0.2, 0.25) is 5.78 Å². The molecule has 0 bridgehead atoms. The number of hydrogen-bond donors (Lipinski definition) is 0. The van der Waals surface area contributed by atoms with Gasteiger partial charge in [-0.15, -0.1) is 0 Å². The van der Waals surface area contributed by atoms with Crippen molar-refractivity contribution in [3.63, 3.8) is 0 Å². The minimum atomic E-state index is -0.478. The Bertz CT molecular complexity index is 942. The highest BCUT2D eigenvalue weighted by Crippen LogP contribution is 2.37. The number of carbonyl (C=O) groups is 2. The third-order valence-electron chi connectivity index (χ3n) is 4.85. The number of esters is 1. The van der Waals surface area contributed by atoms with E-state index in [1.165, 1.54) is 7.11 Å². The zero-order chi connectivity index (χ0) is 21.0. The van der Waals surface area contributed by atoms with Gasteiger partial charge >= 0.3 is 5.97 Å². The largest absolute Gasteiger partial charge is 0.482 e. The Labute approximate surface area is 170 Å². The summed E-state index contributed by atoms with van der Waals surface area (Å²) in [7, 11) is 1.30. The second kappa shape index (κ2) is 8.82. The lowest BCUT2D eigenvalue weighted by Crippen LogP contribution is -2.21. The smallest absolute Gasteiger partial charge is 0.343 e. The summed E-state index contributed by atoms with van der Waals surface area (Å²) in [5.41, 5.74) is 3.27. The fourth-order valence-corrected chi connectivity index (χ4v) is 3.28. The first-order chi connectivity index (χ1) is 14.0. The fraction of sp³-hybridized carbons (Fsp3) is 0.304. The van der Waals surface area contributed by atoms with Gasteiger partial charge in [0.25, 0.3) is 0 Å². The summed E-state index contributed by atoms with van der Waals surface area (Å²) < 4.78 is 15.8. The number of carbonyl (C=O) groups excluding carboxylic acids is 2. The number of fused-ring (bicyclic) bond motifs is 1. The van der Waals surface area contributed by atoms with Crippen molar-refractivity contribution in [2.24, 2.45) is 0 Å². The number of allylic oxidation sites excluding steroid dienone is 1. The van der Waals surface area contributed by atoms with E-state index in [1.54, 1.807) is 18.2 Å². The van der Waals surface area contributed by atoms with E-state index >= 15 is 0 Å². The molecule has 0 N–H and O–H groups in total. The van der Waals surface area contributed by atoms with Crippen LogP contribution in [0.15, 0.2) is 42.2 Å². The first-order valence-electron chi connectivity index (χ1n) is 9.60. The standard InChI is InChI=1S/C23H25NO5/c1-5-24(6-2)17-9-7-16(8-10-17)12-20-23(26)22-15(3)11-18(13-19(22)29-20)28-14-21(25)27-4/h7-13H,5-6,14H2,1-4H3/b20-12-. The molecule has 0 saturated heterocycles. The number of anilines is 1. The van der Waals surface area contributed by atoms with Crippen molar-refractivity contribution in [3.05, 3.63) is 58.8 Å². The topological polar surface area (TPSA) is 65.1 Å². The van der Waals surface area contributed by atoms with E-state index in [9.17, 15) is 9.59 Å². The quantitative estimate of drug-likeness (QED) is 0.521. The average molecular weight is 395 g/mol. The molecule has 1 aliphatic heterocycles. The summed E-state index contributed by atoms with van der Waals surface area (Å²) in [6, 6.07) is 11.3. The van der Waals surface area contributed by atoms with Gasteiger partial charge in [-0.3, -0.25) is 4.79 Å². The highest BCUT2D eigenvalue weighted by Gasteiger charge is 2.30. The molecule has 0 unspecified atom stereocenters. The molecule has 6 nitrogen and oxygen atoms in total. The van der Waals surface area contributed by atoms with Crippen LogP contribution in [0.3, 0.4) is 0 Å². The molecular formula is C23H25NO5. The molecule has 2 aromatic carbocycles. The summed E-state index contributed by atoms with van der Waals surface area (Å²) >= 11 is 0. The second-order valence-electron chi connectivity index (χ2n) is 6.68. The van der Waals surface area contributed by atoms with Crippen LogP contribution in [-0.2, 0) is 9.53 Å². The van der Waals surface area contributed by atoms with Gasteiger partial charge in [-0.25, -0.2) is 4.79 Å². The maximum absolute atomic E-state index is 12.8. The normalized spacial score (nSPS) is 13.8. The van der Waals surface area contributed by atoms with E-state index in [2.05, 4.69) is 23.5 Å². The summed E-state index contributed by atoms with van der Waals surface area (Å²) in [6.07, 6.45) is 1.74. The molecule has 0 fully saturated rings. The van der Waals surface area contributed by atoms with E-state index in [0.29, 0.717) is 17.1 Å². The van der Waals surface area contributed by atoms with Gasteiger partial charge in [0.1, 0.15) is 11.5 Å². The first kappa shape index (κ1) is 20.5. The molecule has 1 aliphatic rings. The first-order valence-corrected chi connectivity index (χ1v) is 9.60. The molecule has 152 valence electrons. The molecular weight excluding hydrogens is 370 g/mol. The number of hydrogen-bond acceptors (Lipinski definition) is 6. The van der Waals surface area contributed by atoms with E-state index in [1.807, 2.05) is 31.2 Å². The second-order valence-corrected chi connectivity index (χ2v) is 6.68. The van der Waals surface area contributed by atoms with Crippen molar-refractivity contribution in [1.82, 2.24) is 0 Å². The van der Waals surface area contributed by atoms with Gasteiger partial charge < -0.3 is 19.1 Å². The third-order valence-corrected chi connectivity index (χ3v) is 4.85. The zero-order valence-electron chi connectivity index (χ0n) is 17.2. The number of nitrogens with zero attached hydrogens (tertiary/aromatic N) is 1. The summed E-state index contributed by atoms with van der Waals surface area (Å²) in [6.45, 7) is 7.72. The Hall–Kier alpha value is -3.28. The van der Waals surface area contributed by atoms with Gasteiger partial charge in [-0.05, 0) is 56.2 Å². The van der Waals surface area contributed by atoms with Crippen molar-refractivity contribution in [1.29, 1.82) is 0 Å². The molecule has 1 heterocycles. The van der Waals surface area contributed by atoms with Gasteiger partial charge in [0, 0.05) is 24.8 Å². The molecule has 29 heavy (non-hydrogen) atoms. The van der Waals surface area contributed by atoms with Gasteiger partial charge in [-0.1, -0.05) is 12.1 Å². The predicted molar refractivity (Wildman–Crippen MR) is 112 cm³/mol. The Balaban J connectivity index is 1.81. The van der Waals surface area contributed by atoms with E-state index in [0.717, 1.165) is 29.9 Å². The minimum absolute atomic E-state index is 0.162. The molecule has 6 heteroatoms. The summed E-state index contributed by atoms with van der Waals surface area (Å²) in [4.78, 5) is 26.3. The Morgan fingerprint density at radius 2 is 1.83 bits per heavy atom. The maximum Gasteiger partial charge on any atom is 0.343 e. The fourth-order valence-electron chi connectivity index (χ4n) is 3.28. The van der Waals surface area contributed by atoms with E-state index < -0.39 is 5.97 Å². The van der Waals surface area contributed by atoms with Gasteiger partial charge in [0.05, 0.1) is 12.7 Å². The summed E-state index contributed by atoms with van der Waals surface area (Å²) in [5.74, 6) is 0.507. The van der Waals surface area contributed by atoms with Crippen LogP contribution in [0.1, 0.15) is 35.3 Å². The van der Waals surface area contributed by atoms with Crippen LogP contribution in [0.25, 0.3) is 6.08 Å². The summed E-state index contributed by atoms with van der Waals surface area (Å²) in [5, 5.41) is 0. The monoisotopic (exact) mass is 395 g/mol. The highest BCUT2D eigenvalue weighted by molar-refractivity contribution is 6.15. The number of benzene rings is 2. The van der Waals surface area contributed by atoms with Crippen molar-refractivity contribution < 1.29 is 23.8 Å². The molecule has 0 saturated carbocycles. The lowest BCUT2D eigenvalue weighted by Gasteiger charge is -2.20. The minimum Gasteiger partial charge on any atom is -0.482 e. The zero-order valence-corrected chi connectivity index (χ0v) is 17.2. The molecule has 3 rings (SSSR count).